The van der Waals surface area contributed by atoms with E-state index < -0.39 is 0 Å². The summed E-state index contributed by atoms with van der Waals surface area (Å²) in [4.78, 5) is 25.4. The van der Waals surface area contributed by atoms with Crippen LogP contribution in [0.15, 0.2) is 0 Å². The molecule has 0 radical (unpaired) electrons. The molecular weight excluding hydrogens is 230 g/mol. The number of hydrogen-bond acceptors (Lipinski definition) is 3. The van der Waals surface area contributed by atoms with Gasteiger partial charge >= 0.3 is 0 Å². The molecule has 0 bridgehead atoms. The lowest BCUT2D eigenvalue weighted by Crippen LogP contribution is -2.55. The number of carbonyl (C=O) groups is 2. The summed E-state index contributed by atoms with van der Waals surface area (Å²) in [5.74, 6) is 0.775. The Morgan fingerprint density at radius 2 is 2.06 bits per heavy atom. The van der Waals surface area contributed by atoms with Crippen molar-refractivity contribution in [2.24, 2.45) is 5.92 Å². The lowest BCUT2D eigenvalue weighted by Gasteiger charge is -2.33. The van der Waals surface area contributed by atoms with Gasteiger partial charge in [0.15, 0.2) is 0 Å². The largest absolute Gasteiger partial charge is 0.353 e. The molecule has 0 saturated carbocycles. The van der Waals surface area contributed by atoms with Crippen LogP contribution in [-0.2, 0) is 9.59 Å². The summed E-state index contributed by atoms with van der Waals surface area (Å²) in [7, 11) is 0. The molecule has 2 fully saturated rings. The highest BCUT2D eigenvalue weighted by atomic mass is 16.2. The van der Waals surface area contributed by atoms with Gasteiger partial charge in [-0.2, -0.15) is 0 Å². The zero-order valence-corrected chi connectivity index (χ0v) is 11.1. The van der Waals surface area contributed by atoms with Crippen molar-refractivity contribution in [1.29, 1.82) is 0 Å². The number of hydrogen-bond donors (Lipinski definition) is 2. The number of nitrogens with one attached hydrogen (secondary N) is 2. The molecule has 2 rings (SSSR count). The molecule has 0 unspecified atom stereocenters. The molecule has 2 aliphatic heterocycles. The van der Waals surface area contributed by atoms with Crippen molar-refractivity contribution in [2.45, 2.75) is 38.6 Å². The van der Waals surface area contributed by atoms with Crippen molar-refractivity contribution in [3.63, 3.8) is 0 Å². The number of nitrogens with zero attached hydrogens (tertiary/aromatic N) is 1. The quantitative estimate of drug-likeness (QED) is 0.750. The van der Waals surface area contributed by atoms with E-state index in [0.717, 1.165) is 19.5 Å². The van der Waals surface area contributed by atoms with Gasteiger partial charge < -0.3 is 15.5 Å². The van der Waals surface area contributed by atoms with E-state index in [-0.39, 0.29) is 17.9 Å². The Balaban J connectivity index is 1.78. The zero-order valence-electron chi connectivity index (χ0n) is 11.1. The topological polar surface area (TPSA) is 61.4 Å². The predicted molar refractivity (Wildman–Crippen MR) is 69.0 cm³/mol. The van der Waals surface area contributed by atoms with Crippen LogP contribution in [0.2, 0.25) is 0 Å². The summed E-state index contributed by atoms with van der Waals surface area (Å²) < 4.78 is 0. The van der Waals surface area contributed by atoms with Gasteiger partial charge in [-0.15, -0.1) is 0 Å². The van der Waals surface area contributed by atoms with Crippen molar-refractivity contribution >= 4 is 11.8 Å². The smallest absolute Gasteiger partial charge is 0.242 e. The van der Waals surface area contributed by atoms with E-state index in [0.29, 0.717) is 25.4 Å². The number of carbonyl (C=O) groups excluding carboxylic acids is 2. The minimum Gasteiger partial charge on any atom is -0.353 e. The lowest BCUT2D eigenvalue weighted by molar-refractivity contribution is -0.142. The van der Waals surface area contributed by atoms with Gasteiger partial charge in [0.05, 0.1) is 0 Å². The van der Waals surface area contributed by atoms with Gasteiger partial charge in [-0.25, -0.2) is 0 Å². The average molecular weight is 253 g/mol. The summed E-state index contributed by atoms with van der Waals surface area (Å²) in [5, 5.41) is 6.11. The molecule has 5 nitrogen and oxygen atoms in total. The SMILES string of the molecule is C[C@H]1C(=O)NCCN1C(=O)CCC1CCNCC1. The highest BCUT2D eigenvalue weighted by Crippen LogP contribution is 2.19. The van der Waals surface area contributed by atoms with Crippen LogP contribution in [0, 0.1) is 5.92 Å². The number of rotatable bonds is 3. The van der Waals surface area contributed by atoms with Gasteiger partial charge in [-0.05, 0) is 45.2 Å². The summed E-state index contributed by atoms with van der Waals surface area (Å²) in [5.41, 5.74) is 0. The first-order chi connectivity index (χ1) is 8.68. The monoisotopic (exact) mass is 253 g/mol. The summed E-state index contributed by atoms with van der Waals surface area (Å²) in [6, 6.07) is -0.306. The number of amides is 2. The van der Waals surface area contributed by atoms with Crippen LogP contribution in [-0.4, -0.2) is 48.9 Å². The Labute approximate surface area is 108 Å². The second-order valence-corrected chi connectivity index (χ2v) is 5.29. The molecule has 0 aromatic rings. The minimum absolute atomic E-state index is 0.0310. The van der Waals surface area contributed by atoms with Crippen molar-refractivity contribution in [2.75, 3.05) is 26.2 Å². The first kappa shape index (κ1) is 13.3. The first-order valence-corrected chi connectivity index (χ1v) is 6.96. The van der Waals surface area contributed by atoms with E-state index in [1.54, 1.807) is 11.8 Å². The number of piperidine rings is 1. The fraction of sp³-hybridized carbons (Fsp3) is 0.846. The molecule has 2 saturated heterocycles. The van der Waals surface area contributed by atoms with E-state index in [4.69, 9.17) is 0 Å². The minimum atomic E-state index is -0.306. The average Bonchev–Trinajstić information content (AvgIpc) is 2.40. The van der Waals surface area contributed by atoms with Crippen molar-refractivity contribution in [3.05, 3.63) is 0 Å². The van der Waals surface area contributed by atoms with Crippen molar-refractivity contribution in [1.82, 2.24) is 15.5 Å². The van der Waals surface area contributed by atoms with Crippen molar-refractivity contribution < 1.29 is 9.59 Å². The second-order valence-electron chi connectivity index (χ2n) is 5.29. The third-order valence-electron chi connectivity index (χ3n) is 4.04. The van der Waals surface area contributed by atoms with Crippen LogP contribution >= 0.6 is 0 Å². The van der Waals surface area contributed by atoms with Gasteiger partial charge in [0.2, 0.25) is 11.8 Å². The summed E-state index contributed by atoms with van der Waals surface area (Å²) >= 11 is 0. The van der Waals surface area contributed by atoms with E-state index in [1.165, 1.54) is 12.8 Å². The Morgan fingerprint density at radius 1 is 1.33 bits per heavy atom. The molecule has 0 aromatic carbocycles. The fourth-order valence-electron chi connectivity index (χ4n) is 2.76. The maximum atomic E-state index is 12.1. The summed E-state index contributed by atoms with van der Waals surface area (Å²) in [6.07, 6.45) is 3.89. The van der Waals surface area contributed by atoms with Crippen molar-refractivity contribution in [3.8, 4) is 0 Å². The molecule has 2 aliphatic rings. The van der Waals surface area contributed by atoms with Crippen LogP contribution < -0.4 is 10.6 Å². The molecule has 18 heavy (non-hydrogen) atoms. The molecule has 2 heterocycles. The van der Waals surface area contributed by atoms with E-state index in [2.05, 4.69) is 10.6 Å². The third kappa shape index (κ3) is 3.22. The molecule has 0 spiro atoms. The molecule has 5 heteroatoms. The highest BCUT2D eigenvalue weighted by Gasteiger charge is 2.29. The highest BCUT2D eigenvalue weighted by molar-refractivity contribution is 5.88. The van der Waals surface area contributed by atoms with Crippen LogP contribution in [0.1, 0.15) is 32.6 Å². The van der Waals surface area contributed by atoms with E-state index in [1.807, 2.05) is 0 Å². The Bertz CT molecular complexity index is 313. The fourth-order valence-corrected chi connectivity index (χ4v) is 2.76. The maximum Gasteiger partial charge on any atom is 0.242 e. The molecule has 1 atom stereocenters. The molecular formula is C13H23N3O2. The van der Waals surface area contributed by atoms with Crippen LogP contribution in [0.5, 0.6) is 0 Å². The second kappa shape index (κ2) is 6.18. The normalized spacial score (nSPS) is 25.9. The zero-order chi connectivity index (χ0) is 13.0. The summed E-state index contributed by atoms with van der Waals surface area (Å²) in [6.45, 7) is 5.18. The Hall–Kier alpha value is -1.10. The van der Waals surface area contributed by atoms with E-state index in [9.17, 15) is 9.59 Å². The van der Waals surface area contributed by atoms with Crippen LogP contribution in [0.3, 0.4) is 0 Å². The predicted octanol–water partition coefficient (Wildman–Crippen LogP) is 0.113. The van der Waals surface area contributed by atoms with Gasteiger partial charge in [0, 0.05) is 19.5 Å². The molecule has 2 N–H and O–H groups in total. The molecule has 2 amide bonds. The molecule has 102 valence electrons. The Morgan fingerprint density at radius 3 is 2.78 bits per heavy atom. The van der Waals surface area contributed by atoms with Crippen LogP contribution in [0.4, 0.5) is 0 Å². The lowest BCUT2D eigenvalue weighted by atomic mass is 9.93. The maximum absolute atomic E-state index is 12.1. The first-order valence-electron chi connectivity index (χ1n) is 6.96. The van der Waals surface area contributed by atoms with E-state index >= 15 is 0 Å². The van der Waals surface area contributed by atoms with Gasteiger partial charge in [0.25, 0.3) is 0 Å². The van der Waals surface area contributed by atoms with Gasteiger partial charge in [-0.3, -0.25) is 9.59 Å². The Kier molecular flexibility index (Phi) is 4.58. The third-order valence-corrected chi connectivity index (χ3v) is 4.04. The van der Waals surface area contributed by atoms with Gasteiger partial charge in [-0.1, -0.05) is 0 Å². The number of piperazine rings is 1. The standard InChI is InChI=1S/C13H23N3O2/c1-10-13(18)15-8-9-16(10)12(17)3-2-11-4-6-14-7-5-11/h10-11,14H,2-9H2,1H3,(H,15,18)/t10-/m0/s1. The van der Waals surface area contributed by atoms with Gasteiger partial charge in [0.1, 0.15) is 6.04 Å². The molecule has 0 aromatic heterocycles. The van der Waals surface area contributed by atoms with Crippen LogP contribution in [0.25, 0.3) is 0 Å². The molecule has 0 aliphatic carbocycles.